The highest BCUT2D eigenvalue weighted by Crippen LogP contribution is 2.44. The lowest BCUT2D eigenvalue weighted by molar-refractivity contribution is 0.103. The zero-order valence-electron chi connectivity index (χ0n) is 13.7. The van der Waals surface area contributed by atoms with Crippen LogP contribution in [-0.4, -0.2) is 44.2 Å². The van der Waals surface area contributed by atoms with E-state index in [4.69, 9.17) is 4.74 Å². The molecule has 0 amide bonds. The Kier molecular flexibility index (Phi) is 4.00. The van der Waals surface area contributed by atoms with Crippen LogP contribution in [0.1, 0.15) is 32.1 Å². The second-order valence-corrected chi connectivity index (χ2v) is 7.28. The van der Waals surface area contributed by atoms with Crippen molar-refractivity contribution in [3.8, 4) is 5.75 Å². The van der Waals surface area contributed by atoms with Crippen LogP contribution in [0.15, 0.2) is 24.3 Å². The number of hydrogen-bond acceptors (Lipinski definition) is 3. The third-order valence-corrected chi connectivity index (χ3v) is 6.21. The Bertz CT molecular complexity index is 510. The zero-order chi connectivity index (χ0) is 14.9. The summed E-state index contributed by atoms with van der Waals surface area (Å²) in [6, 6.07) is 9.30. The summed E-state index contributed by atoms with van der Waals surface area (Å²) >= 11 is 0. The van der Waals surface area contributed by atoms with Gasteiger partial charge in [-0.2, -0.15) is 0 Å². The summed E-state index contributed by atoms with van der Waals surface area (Å²) in [5.41, 5.74) is 1.26. The van der Waals surface area contributed by atoms with E-state index in [0.29, 0.717) is 0 Å². The molecule has 1 aromatic carbocycles. The van der Waals surface area contributed by atoms with E-state index in [-0.39, 0.29) is 0 Å². The van der Waals surface area contributed by atoms with Gasteiger partial charge in [0.15, 0.2) is 0 Å². The number of hydrogen-bond donors (Lipinski definition) is 0. The highest BCUT2D eigenvalue weighted by molar-refractivity contribution is 5.58. The molecule has 3 atom stereocenters. The maximum atomic E-state index is 5.53. The predicted molar refractivity (Wildman–Crippen MR) is 90.6 cm³/mol. The summed E-state index contributed by atoms with van der Waals surface area (Å²) in [4.78, 5) is 5.29. The van der Waals surface area contributed by atoms with Gasteiger partial charge in [0, 0.05) is 32.2 Å². The molecule has 2 bridgehead atoms. The third-order valence-electron chi connectivity index (χ3n) is 6.21. The van der Waals surface area contributed by atoms with Gasteiger partial charge in [0.25, 0.3) is 0 Å². The number of anilines is 1. The van der Waals surface area contributed by atoms with Crippen LogP contribution in [0.4, 0.5) is 5.69 Å². The van der Waals surface area contributed by atoms with E-state index in [9.17, 15) is 0 Å². The molecule has 2 saturated carbocycles. The van der Waals surface area contributed by atoms with Crippen LogP contribution < -0.4 is 9.64 Å². The Labute approximate surface area is 134 Å². The van der Waals surface area contributed by atoms with Crippen molar-refractivity contribution in [2.45, 2.75) is 38.1 Å². The molecular weight excluding hydrogens is 272 g/mol. The first-order chi connectivity index (χ1) is 10.8. The smallest absolute Gasteiger partial charge is 0.142 e. The van der Waals surface area contributed by atoms with Crippen LogP contribution in [0, 0.1) is 11.8 Å². The maximum Gasteiger partial charge on any atom is 0.142 e. The van der Waals surface area contributed by atoms with E-state index in [1.807, 2.05) is 0 Å². The number of rotatable bonds is 3. The molecule has 2 aliphatic carbocycles. The Morgan fingerprint density at radius 2 is 1.73 bits per heavy atom. The predicted octanol–water partition coefficient (Wildman–Crippen LogP) is 3.40. The lowest BCUT2D eigenvalue weighted by Gasteiger charge is -2.44. The van der Waals surface area contributed by atoms with Gasteiger partial charge in [-0.05, 0) is 49.7 Å². The molecule has 3 nitrogen and oxygen atoms in total. The van der Waals surface area contributed by atoms with Crippen LogP contribution >= 0.6 is 0 Å². The normalized spacial score (nSPS) is 32.2. The van der Waals surface area contributed by atoms with Crippen molar-refractivity contribution < 1.29 is 4.74 Å². The Balaban J connectivity index is 1.40. The topological polar surface area (TPSA) is 15.7 Å². The Hall–Kier alpha value is -1.22. The summed E-state index contributed by atoms with van der Waals surface area (Å²) in [6.45, 7) is 4.69. The molecular formula is C19H28N2O. The van der Waals surface area contributed by atoms with Crippen LogP contribution in [0.2, 0.25) is 0 Å². The van der Waals surface area contributed by atoms with E-state index in [2.05, 4.69) is 34.1 Å². The van der Waals surface area contributed by atoms with Gasteiger partial charge in [0.1, 0.15) is 5.75 Å². The lowest BCUT2D eigenvalue weighted by Crippen LogP contribution is -2.52. The van der Waals surface area contributed by atoms with Crippen LogP contribution in [0.25, 0.3) is 0 Å². The van der Waals surface area contributed by atoms with Gasteiger partial charge < -0.3 is 9.64 Å². The number of para-hydroxylation sites is 2. The summed E-state index contributed by atoms with van der Waals surface area (Å²) in [5, 5.41) is 0. The molecule has 0 aromatic heterocycles. The molecule has 1 saturated heterocycles. The summed E-state index contributed by atoms with van der Waals surface area (Å²) < 4.78 is 5.53. The first-order valence-corrected chi connectivity index (χ1v) is 8.97. The van der Waals surface area contributed by atoms with Crippen LogP contribution in [0.3, 0.4) is 0 Å². The van der Waals surface area contributed by atoms with Gasteiger partial charge in [-0.25, -0.2) is 0 Å². The average molecular weight is 300 g/mol. The molecule has 1 heterocycles. The monoisotopic (exact) mass is 300 g/mol. The second-order valence-electron chi connectivity index (χ2n) is 7.28. The SMILES string of the molecule is COc1ccccc1N1CCN(C2CC[C@H]3CCC2C3)CC1. The lowest BCUT2D eigenvalue weighted by atomic mass is 9.84. The van der Waals surface area contributed by atoms with Gasteiger partial charge in [-0.3, -0.25) is 4.90 Å². The minimum absolute atomic E-state index is 0.874. The number of benzene rings is 1. The molecule has 3 fully saturated rings. The Morgan fingerprint density at radius 3 is 2.55 bits per heavy atom. The van der Waals surface area contributed by atoms with E-state index < -0.39 is 0 Å². The maximum absolute atomic E-state index is 5.53. The number of ether oxygens (including phenoxy) is 1. The summed E-state index contributed by atoms with van der Waals surface area (Å²) in [5.74, 6) is 3.07. The molecule has 22 heavy (non-hydrogen) atoms. The van der Waals surface area contributed by atoms with Gasteiger partial charge in [-0.1, -0.05) is 18.6 Å². The van der Waals surface area contributed by atoms with Crippen molar-refractivity contribution in [2.75, 3.05) is 38.2 Å². The molecule has 3 heteroatoms. The van der Waals surface area contributed by atoms with E-state index in [1.165, 1.54) is 50.9 Å². The number of methoxy groups -OCH3 is 1. The third kappa shape index (κ3) is 2.60. The molecule has 1 aliphatic heterocycles. The summed E-state index contributed by atoms with van der Waals surface area (Å²) in [6.07, 6.45) is 7.43. The summed E-state index contributed by atoms with van der Waals surface area (Å²) in [7, 11) is 1.77. The Morgan fingerprint density at radius 1 is 0.955 bits per heavy atom. The number of nitrogens with zero attached hydrogens (tertiary/aromatic N) is 2. The van der Waals surface area contributed by atoms with Gasteiger partial charge in [0.05, 0.1) is 12.8 Å². The first-order valence-electron chi connectivity index (χ1n) is 8.97. The minimum atomic E-state index is 0.874. The standard InChI is InChI=1S/C19H28N2O/c1-22-19-5-3-2-4-18(19)21-12-10-20(11-13-21)17-9-7-15-6-8-16(17)14-15/h2-5,15-17H,6-14H2,1H3/t15-,16?,17?/m1/s1. The van der Waals surface area contributed by atoms with Gasteiger partial charge >= 0.3 is 0 Å². The molecule has 1 aromatic rings. The molecule has 3 aliphatic rings. The molecule has 2 unspecified atom stereocenters. The van der Waals surface area contributed by atoms with Crippen molar-refractivity contribution in [1.29, 1.82) is 0 Å². The van der Waals surface area contributed by atoms with Crippen LogP contribution in [0.5, 0.6) is 5.75 Å². The second kappa shape index (κ2) is 6.11. The zero-order valence-corrected chi connectivity index (χ0v) is 13.7. The highest BCUT2D eigenvalue weighted by Gasteiger charge is 2.39. The minimum Gasteiger partial charge on any atom is -0.495 e. The van der Waals surface area contributed by atoms with Crippen molar-refractivity contribution in [3.05, 3.63) is 24.3 Å². The van der Waals surface area contributed by atoms with Crippen molar-refractivity contribution in [2.24, 2.45) is 11.8 Å². The van der Waals surface area contributed by atoms with E-state index in [1.54, 1.807) is 7.11 Å². The van der Waals surface area contributed by atoms with Crippen LogP contribution in [-0.2, 0) is 0 Å². The van der Waals surface area contributed by atoms with Crippen molar-refractivity contribution in [1.82, 2.24) is 4.90 Å². The average Bonchev–Trinajstić information content (AvgIpc) is 2.96. The largest absolute Gasteiger partial charge is 0.495 e. The van der Waals surface area contributed by atoms with E-state index >= 15 is 0 Å². The van der Waals surface area contributed by atoms with Crippen molar-refractivity contribution >= 4 is 5.69 Å². The molecule has 0 radical (unpaired) electrons. The molecule has 0 spiro atoms. The first kappa shape index (κ1) is 14.4. The quantitative estimate of drug-likeness (QED) is 0.851. The molecule has 4 rings (SSSR count). The van der Waals surface area contributed by atoms with E-state index in [0.717, 1.165) is 36.7 Å². The molecule has 0 N–H and O–H groups in total. The number of piperazine rings is 1. The fourth-order valence-corrected chi connectivity index (χ4v) is 5.03. The molecule has 120 valence electrons. The fourth-order valence-electron chi connectivity index (χ4n) is 5.03. The van der Waals surface area contributed by atoms with Gasteiger partial charge in [-0.15, -0.1) is 0 Å². The number of fused-ring (bicyclic) bond motifs is 2. The fraction of sp³-hybridized carbons (Fsp3) is 0.684. The highest BCUT2D eigenvalue weighted by atomic mass is 16.5. The van der Waals surface area contributed by atoms with Gasteiger partial charge in [0.2, 0.25) is 0 Å². The van der Waals surface area contributed by atoms with Crippen molar-refractivity contribution in [3.63, 3.8) is 0 Å².